The maximum atomic E-state index is 5.95. The van der Waals surface area contributed by atoms with Crippen molar-refractivity contribution in [3.05, 3.63) is 53.9 Å². The predicted molar refractivity (Wildman–Crippen MR) is 74.5 cm³/mol. The molecule has 3 rings (SSSR count). The van der Waals surface area contributed by atoms with E-state index in [0.717, 1.165) is 34.0 Å². The molecule has 3 nitrogen and oxygen atoms in total. The van der Waals surface area contributed by atoms with Crippen LogP contribution in [0, 0.1) is 13.8 Å². The van der Waals surface area contributed by atoms with Crippen molar-refractivity contribution in [2.45, 2.75) is 13.8 Å². The van der Waals surface area contributed by atoms with Gasteiger partial charge in [0.15, 0.2) is 0 Å². The molecule has 18 heavy (non-hydrogen) atoms. The van der Waals surface area contributed by atoms with Gasteiger partial charge in [-0.1, -0.05) is 30.3 Å². The Balaban J connectivity index is 2.34. The molecule has 0 amide bonds. The SMILES string of the molecule is Cc1c(N)ccc2nc(-c3ccccc3)c(C)n12. The summed E-state index contributed by atoms with van der Waals surface area (Å²) in [4.78, 5) is 4.69. The van der Waals surface area contributed by atoms with Crippen molar-refractivity contribution in [1.82, 2.24) is 9.38 Å². The number of hydrogen-bond donors (Lipinski definition) is 1. The van der Waals surface area contributed by atoms with Gasteiger partial charge in [-0.2, -0.15) is 0 Å². The number of anilines is 1. The summed E-state index contributed by atoms with van der Waals surface area (Å²) in [5.74, 6) is 0. The van der Waals surface area contributed by atoms with Gasteiger partial charge in [-0.15, -0.1) is 0 Å². The van der Waals surface area contributed by atoms with E-state index in [1.54, 1.807) is 0 Å². The van der Waals surface area contributed by atoms with Crippen molar-refractivity contribution in [3.8, 4) is 11.3 Å². The van der Waals surface area contributed by atoms with Crippen LogP contribution in [0.5, 0.6) is 0 Å². The summed E-state index contributed by atoms with van der Waals surface area (Å²) in [5.41, 5.74) is 12.0. The number of aryl methyl sites for hydroxylation is 2. The molecule has 2 heterocycles. The van der Waals surface area contributed by atoms with Gasteiger partial charge in [-0.3, -0.25) is 4.40 Å². The van der Waals surface area contributed by atoms with Gasteiger partial charge in [0.05, 0.1) is 11.4 Å². The molecular weight excluding hydrogens is 222 g/mol. The highest BCUT2D eigenvalue weighted by Crippen LogP contribution is 2.26. The third-order valence-corrected chi connectivity index (χ3v) is 3.35. The van der Waals surface area contributed by atoms with E-state index in [4.69, 9.17) is 10.7 Å². The topological polar surface area (TPSA) is 43.3 Å². The number of fused-ring (bicyclic) bond motifs is 1. The smallest absolute Gasteiger partial charge is 0.138 e. The molecule has 0 radical (unpaired) electrons. The summed E-state index contributed by atoms with van der Waals surface area (Å²) in [6.45, 7) is 4.10. The summed E-state index contributed by atoms with van der Waals surface area (Å²) in [6.07, 6.45) is 0. The van der Waals surface area contributed by atoms with Crippen LogP contribution in [0.3, 0.4) is 0 Å². The minimum absolute atomic E-state index is 0.794. The lowest BCUT2D eigenvalue weighted by atomic mass is 10.1. The zero-order chi connectivity index (χ0) is 12.7. The van der Waals surface area contributed by atoms with Gasteiger partial charge in [0.1, 0.15) is 5.65 Å². The van der Waals surface area contributed by atoms with E-state index in [1.165, 1.54) is 0 Å². The molecule has 0 saturated heterocycles. The molecule has 0 aliphatic rings. The fourth-order valence-electron chi connectivity index (χ4n) is 2.34. The van der Waals surface area contributed by atoms with Crippen LogP contribution in [0.4, 0.5) is 5.69 Å². The highest BCUT2D eigenvalue weighted by Gasteiger charge is 2.12. The zero-order valence-corrected chi connectivity index (χ0v) is 10.5. The number of imidazole rings is 1. The third kappa shape index (κ3) is 1.48. The average Bonchev–Trinajstić information content (AvgIpc) is 2.73. The number of nitrogen functional groups attached to an aromatic ring is 1. The van der Waals surface area contributed by atoms with E-state index < -0.39 is 0 Å². The van der Waals surface area contributed by atoms with E-state index in [0.29, 0.717) is 0 Å². The Hall–Kier alpha value is -2.29. The van der Waals surface area contributed by atoms with Crippen LogP contribution in [0.15, 0.2) is 42.5 Å². The third-order valence-electron chi connectivity index (χ3n) is 3.35. The zero-order valence-electron chi connectivity index (χ0n) is 10.5. The first-order valence-corrected chi connectivity index (χ1v) is 5.98. The lowest BCUT2D eigenvalue weighted by molar-refractivity contribution is 1.04. The lowest BCUT2D eigenvalue weighted by Gasteiger charge is -2.05. The normalized spacial score (nSPS) is 11.0. The first kappa shape index (κ1) is 10.8. The van der Waals surface area contributed by atoms with Crippen LogP contribution in [-0.2, 0) is 0 Å². The van der Waals surface area contributed by atoms with Gasteiger partial charge in [-0.05, 0) is 26.0 Å². The van der Waals surface area contributed by atoms with E-state index in [9.17, 15) is 0 Å². The Bertz CT molecular complexity index is 711. The summed E-state index contributed by atoms with van der Waals surface area (Å²) in [6, 6.07) is 14.1. The maximum absolute atomic E-state index is 5.95. The number of hydrogen-bond acceptors (Lipinski definition) is 2. The molecule has 0 unspecified atom stereocenters. The summed E-state index contributed by atoms with van der Waals surface area (Å²) in [7, 11) is 0. The van der Waals surface area contributed by atoms with Crippen molar-refractivity contribution in [2.75, 3.05) is 5.73 Å². The summed E-state index contributed by atoms with van der Waals surface area (Å²) >= 11 is 0. The van der Waals surface area contributed by atoms with Crippen molar-refractivity contribution in [3.63, 3.8) is 0 Å². The molecule has 0 bridgehead atoms. The van der Waals surface area contributed by atoms with Crippen LogP contribution in [0.2, 0.25) is 0 Å². The first-order chi connectivity index (χ1) is 8.68. The van der Waals surface area contributed by atoms with Crippen molar-refractivity contribution < 1.29 is 0 Å². The molecule has 0 saturated carbocycles. The number of aromatic nitrogens is 2. The molecule has 2 aromatic heterocycles. The largest absolute Gasteiger partial charge is 0.397 e. The Kier molecular flexibility index (Phi) is 2.33. The van der Waals surface area contributed by atoms with E-state index in [1.807, 2.05) is 37.3 Å². The molecule has 2 N–H and O–H groups in total. The highest BCUT2D eigenvalue weighted by atomic mass is 15.0. The Labute approximate surface area is 106 Å². The molecule has 90 valence electrons. The van der Waals surface area contributed by atoms with Crippen LogP contribution in [-0.4, -0.2) is 9.38 Å². The standard InChI is InChI=1S/C15H15N3/c1-10-13(16)8-9-14-17-15(11(2)18(10)14)12-6-4-3-5-7-12/h3-9H,16H2,1-2H3. The Morgan fingerprint density at radius 2 is 1.67 bits per heavy atom. The molecule has 0 aliphatic carbocycles. The Morgan fingerprint density at radius 3 is 2.39 bits per heavy atom. The van der Waals surface area contributed by atoms with Crippen LogP contribution < -0.4 is 5.73 Å². The number of rotatable bonds is 1. The molecule has 0 spiro atoms. The Morgan fingerprint density at radius 1 is 0.944 bits per heavy atom. The highest BCUT2D eigenvalue weighted by molar-refractivity contribution is 5.68. The van der Waals surface area contributed by atoms with Crippen LogP contribution in [0.1, 0.15) is 11.4 Å². The predicted octanol–water partition coefficient (Wildman–Crippen LogP) is 3.20. The number of nitrogens with zero attached hydrogens (tertiary/aromatic N) is 2. The molecule has 0 fully saturated rings. The molecule has 3 aromatic rings. The van der Waals surface area contributed by atoms with Gasteiger partial charge >= 0.3 is 0 Å². The van der Waals surface area contributed by atoms with Gasteiger partial charge in [-0.25, -0.2) is 4.98 Å². The van der Waals surface area contributed by atoms with E-state index >= 15 is 0 Å². The second-order valence-electron chi connectivity index (χ2n) is 4.48. The minimum Gasteiger partial charge on any atom is -0.397 e. The summed E-state index contributed by atoms with van der Waals surface area (Å²) in [5, 5.41) is 0. The first-order valence-electron chi connectivity index (χ1n) is 5.98. The molecule has 0 atom stereocenters. The summed E-state index contributed by atoms with van der Waals surface area (Å²) < 4.78 is 2.11. The number of nitrogens with two attached hydrogens (primary N) is 1. The van der Waals surface area contributed by atoms with E-state index in [-0.39, 0.29) is 0 Å². The van der Waals surface area contributed by atoms with E-state index in [2.05, 4.69) is 23.5 Å². The lowest BCUT2D eigenvalue weighted by Crippen LogP contribution is -1.99. The fourth-order valence-corrected chi connectivity index (χ4v) is 2.34. The van der Waals surface area contributed by atoms with Crippen LogP contribution >= 0.6 is 0 Å². The van der Waals surface area contributed by atoms with Gasteiger partial charge < -0.3 is 5.73 Å². The van der Waals surface area contributed by atoms with Gasteiger partial charge in [0, 0.05) is 17.0 Å². The number of pyridine rings is 1. The second-order valence-corrected chi connectivity index (χ2v) is 4.48. The van der Waals surface area contributed by atoms with Crippen molar-refractivity contribution in [1.29, 1.82) is 0 Å². The van der Waals surface area contributed by atoms with Gasteiger partial charge in [0.2, 0.25) is 0 Å². The van der Waals surface area contributed by atoms with Crippen molar-refractivity contribution in [2.24, 2.45) is 0 Å². The molecule has 3 heteroatoms. The number of benzene rings is 1. The maximum Gasteiger partial charge on any atom is 0.138 e. The monoisotopic (exact) mass is 237 g/mol. The van der Waals surface area contributed by atoms with Crippen LogP contribution in [0.25, 0.3) is 16.9 Å². The molecular formula is C15H15N3. The second kappa shape index (κ2) is 3.88. The quantitative estimate of drug-likeness (QED) is 0.706. The fraction of sp³-hybridized carbons (Fsp3) is 0.133. The average molecular weight is 237 g/mol. The minimum atomic E-state index is 0.794. The van der Waals surface area contributed by atoms with Crippen molar-refractivity contribution >= 4 is 11.3 Å². The van der Waals surface area contributed by atoms with Gasteiger partial charge in [0.25, 0.3) is 0 Å². The molecule has 0 aliphatic heterocycles. The molecule has 1 aromatic carbocycles.